The summed E-state index contributed by atoms with van der Waals surface area (Å²) in [5.41, 5.74) is 1.16. The molecule has 5 nitrogen and oxygen atoms in total. The van der Waals surface area contributed by atoms with E-state index in [0.717, 1.165) is 16.3 Å². The SMILES string of the molecule is Clc1ccc(CSc2nncn2/N=C/c2ccco2)cc1. The summed E-state index contributed by atoms with van der Waals surface area (Å²) in [7, 11) is 0. The maximum atomic E-state index is 5.87. The van der Waals surface area contributed by atoms with Gasteiger partial charge in [-0.1, -0.05) is 35.5 Å². The van der Waals surface area contributed by atoms with Crippen molar-refractivity contribution in [2.24, 2.45) is 5.10 Å². The van der Waals surface area contributed by atoms with Crippen molar-refractivity contribution in [1.82, 2.24) is 14.9 Å². The van der Waals surface area contributed by atoms with Crippen LogP contribution >= 0.6 is 23.4 Å². The van der Waals surface area contributed by atoms with E-state index in [4.69, 9.17) is 16.0 Å². The molecule has 3 rings (SSSR count). The molecule has 7 heteroatoms. The summed E-state index contributed by atoms with van der Waals surface area (Å²) in [5.74, 6) is 1.45. The van der Waals surface area contributed by atoms with Crippen molar-refractivity contribution in [3.8, 4) is 0 Å². The maximum absolute atomic E-state index is 5.87. The van der Waals surface area contributed by atoms with Gasteiger partial charge >= 0.3 is 0 Å². The van der Waals surface area contributed by atoms with Gasteiger partial charge in [0.25, 0.3) is 0 Å². The molecule has 0 aliphatic heterocycles. The Labute approximate surface area is 130 Å². The number of benzene rings is 1. The zero-order valence-electron chi connectivity index (χ0n) is 10.9. The van der Waals surface area contributed by atoms with Crippen molar-refractivity contribution >= 4 is 29.6 Å². The van der Waals surface area contributed by atoms with Gasteiger partial charge in [-0.2, -0.15) is 9.78 Å². The Morgan fingerprint density at radius 2 is 2.14 bits per heavy atom. The lowest BCUT2D eigenvalue weighted by Crippen LogP contribution is -1.92. The Bertz CT molecular complexity index is 722. The number of aromatic nitrogens is 3. The van der Waals surface area contributed by atoms with E-state index in [-0.39, 0.29) is 0 Å². The van der Waals surface area contributed by atoms with E-state index in [1.54, 1.807) is 35.2 Å². The Hall–Kier alpha value is -2.05. The molecule has 0 amide bonds. The number of nitrogens with zero attached hydrogens (tertiary/aromatic N) is 4. The Balaban J connectivity index is 1.66. The first-order chi connectivity index (χ1) is 10.3. The normalized spacial score (nSPS) is 11.3. The summed E-state index contributed by atoms with van der Waals surface area (Å²) >= 11 is 7.42. The summed E-state index contributed by atoms with van der Waals surface area (Å²) in [6.07, 6.45) is 4.78. The van der Waals surface area contributed by atoms with Crippen molar-refractivity contribution in [2.75, 3.05) is 0 Å². The second-order valence-corrected chi connectivity index (χ2v) is 5.51. The minimum atomic E-state index is 0.678. The van der Waals surface area contributed by atoms with Gasteiger partial charge in [-0.25, -0.2) is 0 Å². The van der Waals surface area contributed by atoms with Gasteiger partial charge < -0.3 is 4.42 Å². The topological polar surface area (TPSA) is 56.2 Å². The van der Waals surface area contributed by atoms with Crippen LogP contribution in [0.15, 0.2) is 63.7 Å². The van der Waals surface area contributed by atoms with Crippen LogP contribution in [0.2, 0.25) is 5.02 Å². The molecule has 0 fully saturated rings. The van der Waals surface area contributed by atoms with Crippen molar-refractivity contribution < 1.29 is 4.42 Å². The molecule has 3 aromatic rings. The summed E-state index contributed by atoms with van der Waals surface area (Å²) in [6.45, 7) is 0. The molecule has 0 aliphatic carbocycles. The predicted molar refractivity (Wildman–Crippen MR) is 82.7 cm³/mol. The van der Waals surface area contributed by atoms with Gasteiger partial charge in [-0.15, -0.1) is 10.2 Å². The van der Waals surface area contributed by atoms with E-state index < -0.39 is 0 Å². The Kier molecular flexibility index (Phi) is 4.37. The maximum Gasteiger partial charge on any atom is 0.212 e. The largest absolute Gasteiger partial charge is 0.463 e. The van der Waals surface area contributed by atoms with Crippen LogP contribution in [0.25, 0.3) is 0 Å². The highest BCUT2D eigenvalue weighted by Gasteiger charge is 2.04. The van der Waals surface area contributed by atoms with Crippen LogP contribution in [0, 0.1) is 0 Å². The molecule has 0 unspecified atom stereocenters. The van der Waals surface area contributed by atoms with Crippen molar-refractivity contribution in [1.29, 1.82) is 0 Å². The number of halogens is 1. The molecule has 2 aromatic heterocycles. The molecule has 0 N–H and O–H groups in total. The number of furan rings is 1. The van der Waals surface area contributed by atoms with Crippen LogP contribution in [0.3, 0.4) is 0 Å². The lowest BCUT2D eigenvalue weighted by atomic mass is 10.2. The molecule has 21 heavy (non-hydrogen) atoms. The molecule has 0 spiro atoms. The lowest BCUT2D eigenvalue weighted by Gasteiger charge is -2.01. The average molecular weight is 319 g/mol. The smallest absolute Gasteiger partial charge is 0.212 e. The monoisotopic (exact) mass is 318 g/mol. The summed E-state index contributed by atoms with van der Waals surface area (Å²) in [5, 5.41) is 13.6. The minimum Gasteiger partial charge on any atom is -0.463 e. The van der Waals surface area contributed by atoms with E-state index in [2.05, 4.69) is 15.3 Å². The molecule has 106 valence electrons. The van der Waals surface area contributed by atoms with Crippen LogP contribution in [-0.4, -0.2) is 21.1 Å². The zero-order chi connectivity index (χ0) is 14.5. The van der Waals surface area contributed by atoms with Gasteiger partial charge in [-0.3, -0.25) is 0 Å². The fourth-order valence-electron chi connectivity index (χ4n) is 1.61. The number of thioether (sulfide) groups is 1. The molecule has 0 saturated heterocycles. The summed E-state index contributed by atoms with van der Waals surface area (Å²) in [6, 6.07) is 11.4. The predicted octanol–water partition coefficient (Wildman–Crippen LogP) is 3.70. The molecule has 0 saturated carbocycles. The van der Waals surface area contributed by atoms with E-state index in [1.807, 2.05) is 36.4 Å². The summed E-state index contributed by atoms with van der Waals surface area (Å²) in [4.78, 5) is 0. The molecule has 0 atom stereocenters. The van der Waals surface area contributed by atoms with Gasteiger partial charge in [0.1, 0.15) is 12.1 Å². The van der Waals surface area contributed by atoms with E-state index in [0.29, 0.717) is 10.9 Å². The standard InChI is InChI=1S/C14H11ClN4OS/c15-12-5-3-11(4-6-12)9-21-14-18-16-10-19(14)17-8-13-2-1-7-20-13/h1-8,10H,9H2/b17-8+. The third-order valence-electron chi connectivity index (χ3n) is 2.63. The minimum absolute atomic E-state index is 0.678. The third kappa shape index (κ3) is 3.74. The second kappa shape index (κ2) is 6.60. The van der Waals surface area contributed by atoms with E-state index in [1.165, 1.54) is 0 Å². The first-order valence-electron chi connectivity index (χ1n) is 6.16. The Morgan fingerprint density at radius 1 is 1.29 bits per heavy atom. The molecule has 0 aliphatic rings. The average Bonchev–Trinajstić information content (AvgIpc) is 3.16. The molecule has 2 heterocycles. The van der Waals surface area contributed by atoms with Crippen molar-refractivity contribution in [2.45, 2.75) is 10.9 Å². The number of hydrogen-bond acceptors (Lipinski definition) is 5. The van der Waals surface area contributed by atoms with Gasteiger partial charge in [-0.05, 0) is 29.8 Å². The summed E-state index contributed by atoms with van der Waals surface area (Å²) < 4.78 is 6.80. The number of hydrogen-bond donors (Lipinski definition) is 0. The molecule has 0 bridgehead atoms. The van der Waals surface area contributed by atoms with E-state index in [9.17, 15) is 0 Å². The number of rotatable bonds is 5. The molecule has 1 aromatic carbocycles. The van der Waals surface area contributed by atoms with Gasteiger partial charge in [0.2, 0.25) is 5.16 Å². The quantitative estimate of drug-likeness (QED) is 0.531. The highest BCUT2D eigenvalue weighted by molar-refractivity contribution is 7.98. The zero-order valence-corrected chi connectivity index (χ0v) is 12.5. The van der Waals surface area contributed by atoms with Crippen LogP contribution in [-0.2, 0) is 5.75 Å². The lowest BCUT2D eigenvalue weighted by molar-refractivity contribution is 0.559. The first kappa shape index (κ1) is 13.9. The van der Waals surface area contributed by atoms with Gasteiger partial charge in [0.05, 0.1) is 12.5 Å². The highest BCUT2D eigenvalue weighted by atomic mass is 35.5. The van der Waals surface area contributed by atoms with Crippen molar-refractivity contribution in [3.05, 3.63) is 65.3 Å². The van der Waals surface area contributed by atoms with Crippen LogP contribution in [0.5, 0.6) is 0 Å². The molecule has 0 radical (unpaired) electrons. The second-order valence-electron chi connectivity index (χ2n) is 4.13. The fourth-order valence-corrected chi connectivity index (χ4v) is 2.55. The molecular formula is C14H11ClN4OS. The third-order valence-corrected chi connectivity index (χ3v) is 3.89. The Morgan fingerprint density at radius 3 is 2.90 bits per heavy atom. The molecular weight excluding hydrogens is 308 g/mol. The highest BCUT2D eigenvalue weighted by Crippen LogP contribution is 2.21. The van der Waals surface area contributed by atoms with Crippen molar-refractivity contribution in [3.63, 3.8) is 0 Å². The first-order valence-corrected chi connectivity index (χ1v) is 7.53. The van der Waals surface area contributed by atoms with Gasteiger partial charge in [0.15, 0.2) is 0 Å². The van der Waals surface area contributed by atoms with Gasteiger partial charge in [0, 0.05) is 10.8 Å². The van der Waals surface area contributed by atoms with Crippen LogP contribution in [0.1, 0.15) is 11.3 Å². The van der Waals surface area contributed by atoms with Crippen LogP contribution in [0.4, 0.5) is 0 Å². The van der Waals surface area contributed by atoms with Crippen LogP contribution < -0.4 is 0 Å². The fraction of sp³-hybridized carbons (Fsp3) is 0.0714. The van der Waals surface area contributed by atoms with E-state index >= 15 is 0 Å².